The third-order valence-corrected chi connectivity index (χ3v) is 7.70. The molecule has 7 heteroatoms. The zero-order chi connectivity index (χ0) is 23.3. The van der Waals surface area contributed by atoms with Crippen LogP contribution in [0.2, 0.25) is 0 Å². The Hall–Kier alpha value is -2.77. The molecule has 3 aromatic rings. The molecule has 1 aromatic heterocycles. The molecule has 1 fully saturated rings. The minimum atomic E-state index is -3.45. The van der Waals surface area contributed by atoms with Crippen molar-refractivity contribution in [2.24, 2.45) is 0 Å². The van der Waals surface area contributed by atoms with E-state index in [-0.39, 0.29) is 6.04 Å². The maximum atomic E-state index is 12.6. The van der Waals surface area contributed by atoms with Gasteiger partial charge in [0.05, 0.1) is 4.90 Å². The van der Waals surface area contributed by atoms with E-state index in [9.17, 15) is 8.42 Å². The van der Waals surface area contributed by atoms with Gasteiger partial charge in [-0.3, -0.25) is 0 Å². The largest absolute Gasteiger partial charge is 0.369 e. The SMILES string of the molecule is Cc1nc(C)c(Cc2ccccc2)c(NCCc2ccc(S(=O)(=O)NC3CCCC3)cc2)n1. The average Bonchev–Trinajstić information content (AvgIpc) is 3.29. The van der Waals surface area contributed by atoms with E-state index in [1.165, 1.54) is 5.56 Å². The molecule has 0 aliphatic heterocycles. The first-order valence-electron chi connectivity index (χ1n) is 11.6. The van der Waals surface area contributed by atoms with E-state index in [1.54, 1.807) is 12.1 Å². The molecule has 2 N–H and O–H groups in total. The summed E-state index contributed by atoms with van der Waals surface area (Å²) in [7, 11) is -3.45. The summed E-state index contributed by atoms with van der Waals surface area (Å²) >= 11 is 0. The van der Waals surface area contributed by atoms with Crippen LogP contribution in [0.25, 0.3) is 0 Å². The normalized spacial score (nSPS) is 14.5. The highest BCUT2D eigenvalue weighted by molar-refractivity contribution is 7.89. The Morgan fingerprint density at radius 1 is 0.909 bits per heavy atom. The van der Waals surface area contributed by atoms with E-state index in [2.05, 4.69) is 32.1 Å². The molecule has 2 aromatic carbocycles. The molecule has 6 nitrogen and oxygen atoms in total. The smallest absolute Gasteiger partial charge is 0.240 e. The topological polar surface area (TPSA) is 84.0 Å². The molecule has 0 radical (unpaired) electrons. The molecule has 0 saturated heterocycles. The van der Waals surface area contributed by atoms with Crippen LogP contribution in [0.5, 0.6) is 0 Å². The maximum absolute atomic E-state index is 12.6. The molecule has 0 atom stereocenters. The van der Waals surface area contributed by atoms with Crippen LogP contribution >= 0.6 is 0 Å². The number of hydrogen-bond acceptors (Lipinski definition) is 5. The Labute approximate surface area is 196 Å². The van der Waals surface area contributed by atoms with Crippen molar-refractivity contribution in [3.05, 3.63) is 82.8 Å². The minimum absolute atomic E-state index is 0.0729. The van der Waals surface area contributed by atoms with Gasteiger partial charge < -0.3 is 5.32 Å². The Morgan fingerprint density at radius 2 is 1.61 bits per heavy atom. The molecule has 4 rings (SSSR count). The van der Waals surface area contributed by atoms with Gasteiger partial charge in [-0.25, -0.2) is 23.1 Å². The minimum Gasteiger partial charge on any atom is -0.369 e. The van der Waals surface area contributed by atoms with E-state index >= 15 is 0 Å². The second-order valence-corrected chi connectivity index (χ2v) is 10.5. The van der Waals surface area contributed by atoms with Crippen LogP contribution in [0.4, 0.5) is 5.82 Å². The first-order chi connectivity index (χ1) is 15.9. The summed E-state index contributed by atoms with van der Waals surface area (Å²) in [6.07, 6.45) is 5.59. The molecule has 1 saturated carbocycles. The zero-order valence-electron chi connectivity index (χ0n) is 19.3. The fourth-order valence-corrected chi connectivity index (χ4v) is 5.69. The van der Waals surface area contributed by atoms with Crippen LogP contribution in [0.1, 0.15) is 53.9 Å². The van der Waals surface area contributed by atoms with Gasteiger partial charge in [0.1, 0.15) is 11.6 Å². The number of rotatable bonds is 9. The van der Waals surface area contributed by atoms with E-state index < -0.39 is 10.0 Å². The molecule has 0 unspecified atom stereocenters. The van der Waals surface area contributed by atoms with Gasteiger partial charge in [0.15, 0.2) is 0 Å². The summed E-state index contributed by atoms with van der Waals surface area (Å²) in [6, 6.07) is 17.6. The van der Waals surface area contributed by atoms with Crippen molar-refractivity contribution in [3.8, 4) is 0 Å². The summed E-state index contributed by atoms with van der Waals surface area (Å²) in [5.74, 6) is 1.61. The number of aromatic nitrogens is 2. The number of nitrogens with one attached hydrogen (secondary N) is 2. The van der Waals surface area contributed by atoms with Crippen LogP contribution in [-0.4, -0.2) is 31.0 Å². The average molecular weight is 465 g/mol. The molecule has 1 heterocycles. The van der Waals surface area contributed by atoms with Crippen LogP contribution in [0.15, 0.2) is 59.5 Å². The molecular formula is C26H32N4O2S. The van der Waals surface area contributed by atoms with Crippen molar-refractivity contribution in [3.63, 3.8) is 0 Å². The molecule has 33 heavy (non-hydrogen) atoms. The third kappa shape index (κ3) is 6.18. The van der Waals surface area contributed by atoms with Crippen molar-refractivity contribution < 1.29 is 8.42 Å². The monoisotopic (exact) mass is 464 g/mol. The van der Waals surface area contributed by atoms with Crippen LogP contribution in [0, 0.1) is 13.8 Å². The fourth-order valence-electron chi connectivity index (χ4n) is 4.39. The maximum Gasteiger partial charge on any atom is 0.240 e. The second-order valence-electron chi connectivity index (χ2n) is 8.77. The van der Waals surface area contributed by atoms with E-state index in [1.807, 2.05) is 44.2 Å². The molecule has 174 valence electrons. The molecule has 1 aliphatic carbocycles. The zero-order valence-corrected chi connectivity index (χ0v) is 20.2. The van der Waals surface area contributed by atoms with Crippen molar-refractivity contribution in [1.29, 1.82) is 0 Å². The van der Waals surface area contributed by atoms with Gasteiger partial charge in [-0.05, 0) is 56.4 Å². The lowest BCUT2D eigenvalue weighted by molar-refractivity contribution is 0.552. The lowest BCUT2D eigenvalue weighted by Crippen LogP contribution is -2.32. The number of nitrogens with zero attached hydrogens (tertiary/aromatic N) is 2. The van der Waals surface area contributed by atoms with Crippen LogP contribution in [-0.2, 0) is 22.9 Å². The summed E-state index contributed by atoms with van der Waals surface area (Å²) in [5.41, 5.74) is 4.39. The van der Waals surface area contributed by atoms with Crippen molar-refractivity contribution in [2.75, 3.05) is 11.9 Å². The highest BCUT2D eigenvalue weighted by Gasteiger charge is 2.22. The molecule has 0 amide bonds. The number of hydrogen-bond donors (Lipinski definition) is 2. The van der Waals surface area contributed by atoms with Gasteiger partial charge in [-0.2, -0.15) is 0 Å². The summed E-state index contributed by atoms with van der Waals surface area (Å²) in [4.78, 5) is 9.53. The number of sulfonamides is 1. The molecule has 1 aliphatic rings. The van der Waals surface area contributed by atoms with E-state index in [0.717, 1.165) is 67.0 Å². The predicted octanol–water partition coefficient (Wildman–Crippen LogP) is 4.56. The third-order valence-electron chi connectivity index (χ3n) is 6.17. The van der Waals surface area contributed by atoms with Gasteiger partial charge in [0.25, 0.3) is 0 Å². The van der Waals surface area contributed by atoms with Gasteiger partial charge in [-0.15, -0.1) is 0 Å². The summed E-state index contributed by atoms with van der Waals surface area (Å²) in [6.45, 7) is 4.63. The first kappa shape index (κ1) is 23.4. The van der Waals surface area contributed by atoms with Crippen molar-refractivity contribution >= 4 is 15.8 Å². The number of benzene rings is 2. The Bertz CT molecular complexity index is 1170. The number of anilines is 1. The molecular weight excluding hydrogens is 432 g/mol. The Morgan fingerprint density at radius 3 is 2.30 bits per heavy atom. The molecule has 0 spiro atoms. The fraction of sp³-hybridized carbons (Fsp3) is 0.385. The Balaban J connectivity index is 1.39. The van der Waals surface area contributed by atoms with Gasteiger partial charge >= 0.3 is 0 Å². The van der Waals surface area contributed by atoms with Gasteiger partial charge in [-0.1, -0.05) is 55.3 Å². The number of aryl methyl sites for hydroxylation is 2. The quantitative estimate of drug-likeness (QED) is 0.485. The lowest BCUT2D eigenvalue weighted by atomic mass is 10.0. The van der Waals surface area contributed by atoms with Gasteiger partial charge in [0.2, 0.25) is 10.0 Å². The standard InChI is InChI=1S/C26H32N4O2S/c1-19-25(18-22-8-4-3-5-9-22)26(29-20(2)28-19)27-17-16-21-12-14-24(15-13-21)33(31,32)30-23-10-6-7-11-23/h3-5,8-9,12-15,23,30H,6-7,10-11,16-18H2,1-2H3,(H,27,28,29). The van der Waals surface area contributed by atoms with Crippen molar-refractivity contribution in [1.82, 2.24) is 14.7 Å². The summed E-state index contributed by atoms with van der Waals surface area (Å²) < 4.78 is 28.1. The lowest BCUT2D eigenvalue weighted by Gasteiger charge is -2.15. The highest BCUT2D eigenvalue weighted by Crippen LogP contribution is 2.22. The second kappa shape index (κ2) is 10.4. The molecule has 0 bridgehead atoms. The predicted molar refractivity (Wildman–Crippen MR) is 132 cm³/mol. The highest BCUT2D eigenvalue weighted by atomic mass is 32.2. The first-order valence-corrected chi connectivity index (χ1v) is 13.1. The van der Waals surface area contributed by atoms with Crippen LogP contribution < -0.4 is 10.0 Å². The Kier molecular flexibility index (Phi) is 7.40. The van der Waals surface area contributed by atoms with E-state index in [4.69, 9.17) is 0 Å². The van der Waals surface area contributed by atoms with E-state index in [0.29, 0.717) is 11.4 Å². The summed E-state index contributed by atoms with van der Waals surface area (Å²) in [5, 5.41) is 3.48. The van der Waals surface area contributed by atoms with Crippen molar-refractivity contribution in [2.45, 2.75) is 63.3 Å². The van der Waals surface area contributed by atoms with Gasteiger partial charge in [0, 0.05) is 30.3 Å². The van der Waals surface area contributed by atoms with Crippen LogP contribution in [0.3, 0.4) is 0 Å².